The molecule has 1 aromatic rings. The van der Waals surface area contributed by atoms with Gasteiger partial charge in [-0.1, -0.05) is 96.8 Å². The maximum Gasteiger partial charge on any atom is 0.119 e. The number of para-hydroxylation sites is 1. The molecule has 0 spiro atoms. The zero-order valence-corrected chi connectivity index (χ0v) is 15.0. The molecule has 0 radical (unpaired) electrons. The first-order valence-electron chi connectivity index (χ1n) is 9.52. The quantitative estimate of drug-likeness (QED) is 0.410. The van der Waals surface area contributed by atoms with E-state index in [0.29, 0.717) is 11.7 Å². The van der Waals surface area contributed by atoms with Crippen molar-refractivity contribution in [2.45, 2.75) is 90.9 Å². The lowest BCUT2D eigenvalue weighted by molar-refractivity contribution is 0.329. The molecule has 1 unspecified atom stereocenters. The SMILES string of the molecule is CCCCCCCC(c1ccccc1O)C(CCC)CCC. The van der Waals surface area contributed by atoms with Crippen LogP contribution in [0.3, 0.4) is 0 Å². The Labute approximate surface area is 138 Å². The summed E-state index contributed by atoms with van der Waals surface area (Å²) in [5.41, 5.74) is 1.19. The third-order valence-electron chi connectivity index (χ3n) is 4.84. The summed E-state index contributed by atoms with van der Waals surface area (Å²) in [5, 5.41) is 10.3. The molecule has 0 amide bonds. The van der Waals surface area contributed by atoms with Crippen molar-refractivity contribution in [1.82, 2.24) is 0 Å². The average Bonchev–Trinajstić information content (AvgIpc) is 2.52. The molecule has 0 heterocycles. The van der Waals surface area contributed by atoms with Crippen molar-refractivity contribution in [3.8, 4) is 5.75 Å². The second-order valence-electron chi connectivity index (χ2n) is 6.71. The van der Waals surface area contributed by atoms with Crippen LogP contribution in [0.5, 0.6) is 5.75 Å². The topological polar surface area (TPSA) is 20.2 Å². The number of hydrogen-bond acceptors (Lipinski definition) is 1. The molecule has 1 N–H and O–H groups in total. The molecule has 126 valence electrons. The molecule has 0 aliphatic carbocycles. The van der Waals surface area contributed by atoms with Crippen LogP contribution in [-0.2, 0) is 0 Å². The largest absolute Gasteiger partial charge is 0.508 e. The normalized spacial score (nSPS) is 12.7. The summed E-state index contributed by atoms with van der Waals surface area (Å²) in [5.74, 6) is 1.75. The van der Waals surface area contributed by atoms with Crippen molar-refractivity contribution in [2.75, 3.05) is 0 Å². The van der Waals surface area contributed by atoms with Crippen LogP contribution in [0.1, 0.15) is 96.5 Å². The van der Waals surface area contributed by atoms with Gasteiger partial charge in [-0.2, -0.15) is 0 Å². The summed E-state index contributed by atoms with van der Waals surface area (Å²) in [7, 11) is 0. The molecular weight excluding hydrogens is 268 g/mol. The monoisotopic (exact) mass is 304 g/mol. The summed E-state index contributed by atoms with van der Waals surface area (Å²) < 4.78 is 0. The van der Waals surface area contributed by atoms with Crippen molar-refractivity contribution in [3.63, 3.8) is 0 Å². The minimum absolute atomic E-state index is 0.498. The van der Waals surface area contributed by atoms with Gasteiger partial charge < -0.3 is 5.11 Å². The minimum Gasteiger partial charge on any atom is -0.508 e. The summed E-state index contributed by atoms with van der Waals surface area (Å²) in [4.78, 5) is 0. The molecule has 0 fully saturated rings. The van der Waals surface area contributed by atoms with E-state index in [1.165, 1.54) is 69.8 Å². The molecule has 1 atom stereocenters. The van der Waals surface area contributed by atoms with Crippen molar-refractivity contribution in [3.05, 3.63) is 29.8 Å². The smallest absolute Gasteiger partial charge is 0.119 e. The second-order valence-corrected chi connectivity index (χ2v) is 6.71. The van der Waals surface area contributed by atoms with E-state index in [1.807, 2.05) is 12.1 Å². The number of unbranched alkanes of at least 4 members (excludes halogenated alkanes) is 4. The van der Waals surface area contributed by atoms with Gasteiger partial charge in [-0.05, 0) is 29.9 Å². The van der Waals surface area contributed by atoms with E-state index in [9.17, 15) is 5.11 Å². The molecule has 1 heteroatoms. The summed E-state index contributed by atoms with van der Waals surface area (Å²) in [6.07, 6.45) is 12.9. The lowest BCUT2D eigenvalue weighted by Crippen LogP contribution is -2.14. The van der Waals surface area contributed by atoms with Gasteiger partial charge in [0.05, 0.1) is 0 Å². The van der Waals surface area contributed by atoms with Gasteiger partial charge in [-0.3, -0.25) is 0 Å². The van der Waals surface area contributed by atoms with Crippen molar-refractivity contribution in [2.24, 2.45) is 5.92 Å². The van der Waals surface area contributed by atoms with Gasteiger partial charge in [-0.25, -0.2) is 0 Å². The van der Waals surface area contributed by atoms with Crippen LogP contribution in [0, 0.1) is 5.92 Å². The fourth-order valence-electron chi connectivity index (χ4n) is 3.70. The molecule has 1 nitrogen and oxygen atoms in total. The van der Waals surface area contributed by atoms with E-state index in [-0.39, 0.29) is 0 Å². The van der Waals surface area contributed by atoms with Gasteiger partial charge in [0, 0.05) is 0 Å². The molecule has 22 heavy (non-hydrogen) atoms. The Hall–Kier alpha value is -0.980. The van der Waals surface area contributed by atoms with Crippen LogP contribution in [-0.4, -0.2) is 5.11 Å². The Balaban J connectivity index is 2.77. The van der Waals surface area contributed by atoms with Crippen LogP contribution >= 0.6 is 0 Å². The van der Waals surface area contributed by atoms with Crippen molar-refractivity contribution >= 4 is 0 Å². The average molecular weight is 305 g/mol. The Morgan fingerprint density at radius 2 is 1.41 bits per heavy atom. The summed E-state index contributed by atoms with van der Waals surface area (Å²) in [6, 6.07) is 8.01. The second kappa shape index (κ2) is 11.6. The predicted molar refractivity (Wildman–Crippen MR) is 97.5 cm³/mol. The van der Waals surface area contributed by atoms with Crippen LogP contribution in [0.4, 0.5) is 0 Å². The van der Waals surface area contributed by atoms with E-state index in [1.54, 1.807) is 0 Å². The van der Waals surface area contributed by atoms with Gasteiger partial charge in [-0.15, -0.1) is 0 Å². The first-order chi connectivity index (χ1) is 10.7. The van der Waals surface area contributed by atoms with Crippen molar-refractivity contribution in [1.29, 1.82) is 0 Å². The highest BCUT2D eigenvalue weighted by Gasteiger charge is 2.23. The van der Waals surface area contributed by atoms with Gasteiger partial charge in [0.25, 0.3) is 0 Å². The first-order valence-corrected chi connectivity index (χ1v) is 9.52. The third kappa shape index (κ3) is 6.42. The minimum atomic E-state index is 0.498. The molecule has 0 aliphatic rings. The lowest BCUT2D eigenvalue weighted by Gasteiger charge is -2.28. The number of rotatable bonds is 12. The van der Waals surface area contributed by atoms with Crippen LogP contribution in [0.2, 0.25) is 0 Å². The highest BCUT2D eigenvalue weighted by Crippen LogP contribution is 2.39. The van der Waals surface area contributed by atoms with Crippen molar-refractivity contribution < 1.29 is 5.11 Å². The van der Waals surface area contributed by atoms with Gasteiger partial charge >= 0.3 is 0 Å². The molecule has 0 aromatic heterocycles. The maximum atomic E-state index is 10.3. The fraction of sp³-hybridized carbons (Fsp3) is 0.714. The van der Waals surface area contributed by atoms with Gasteiger partial charge in [0.1, 0.15) is 5.75 Å². The number of benzene rings is 1. The molecule has 1 aromatic carbocycles. The highest BCUT2D eigenvalue weighted by atomic mass is 16.3. The van der Waals surface area contributed by atoms with Crippen LogP contribution in [0.15, 0.2) is 24.3 Å². The lowest BCUT2D eigenvalue weighted by atomic mass is 9.77. The van der Waals surface area contributed by atoms with E-state index in [4.69, 9.17) is 0 Å². The zero-order valence-electron chi connectivity index (χ0n) is 15.0. The summed E-state index contributed by atoms with van der Waals surface area (Å²) >= 11 is 0. The molecule has 0 bridgehead atoms. The third-order valence-corrected chi connectivity index (χ3v) is 4.84. The molecular formula is C21H36O. The van der Waals surface area contributed by atoms with Gasteiger partial charge in [0.15, 0.2) is 0 Å². The highest BCUT2D eigenvalue weighted by molar-refractivity contribution is 5.35. The number of phenols is 1. The number of hydrogen-bond donors (Lipinski definition) is 1. The predicted octanol–water partition coefficient (Wildman–Crippen LogP) is 7.05. The Bertz CT molecular complexity index is 379. The Morgan fingerprint density at radius 3 is 2.00 bits per heavy atom. The fourth-order valence-corrected chi connectivity index (χ4v) is 3.70. The van der Waals surface area contributed by atoms with E-state index >= 15 is 0 Å². The Kier molecular flexibility index (Phi) is 10.0. The first kappa shape index (κ1) is 19.1. The van der Waals surface area contributed by atoms with E-state index < -0.39 is 0 Å². The molecule has 0 saturated carbocycles. The van der Waals surface area contributed by atoms with E-state index in [2.05, 4.69) is 32.9 Å². The maximum absolute atomic E-state index is 10.3. The molecule has 1 rings (SSSR count). The number of aromatic hydroxyl groups is 1. The molecule has 0 aliphatic heterocycles. The standard InChI is InChI=1S/C21H36O/c1-4-7-8-9-10-15-19(18(13-5-2)14-6-3)20-16-11-12-17-21(20)22/h11-12,16-19,22H,4-10,13-15H2,1-3H3. The van der Waals surface area contributed by atoms with E-state index in [0.717, 1.165) is 5.92 Å². The van der Waals surface area contributed by atoms with Crippen LogP contribution in [0.25, 0.3) is 0 Å². The zero-order chi connectivity index (χ0) is 16.2. The van der Waals surface area contributed by atoms with Gasteiger partial charge in [0.2, 0.25) is 0 Å². The molecule has 0 saturated heterocycles. The number of phenolic OH excluding ortho intramolecular Hbond substituents is 1. The summed E-state index contributed by atoms with van der Waals surface area (Å²) in [6.45, 7) is 6.83. The van der Waals surface area contributed by atoms with Crippen LogP contribution < -0.4 is 0 Å². The Morgan fingerprint density at radius 1 is 0.773 bits per heavy atom.